The van der Waals surface area contributed by atoms with E-state index in [1.807, 2.05) is 51.4 Å². The Bertz CT molecular complexity index is 353. The number of hydrogen-bond acceptors (Lipinski definition) is 3. The van der Waals surface area contributed by atoms with Crippen LogP contribution in [0, 0.1) is 0 Å². The lowest BCUT2D eigenvalue weighted by Crippen LogP contribution is -2.10. The number of halogens is 1. The second-order valence-electron chi connectivity index (χ2n) is 3.92. The molecule has 102 valence electrons. The number of rotatable bonds is 7. The van der Waals surface area contributed by atoms with Crippen molar-refractivity contribution in [1.82, 2.24) is 4.90 Å². The maximum absolute atomic E-state index is 5.64. The Balaban J connectivity index is 0.00000289. The van der Waals surface area contributed by atoms with Gasteiger partial charge in [0.1, 0.15) is 6.61 Å². The molecule has 1 aromatic carbocycles. The standard InChI is InChI=1S/C14H21NO2.ClH/c1-4-16-13-9-5-6-10-14(13)17-12-8-7-11-15(2)3;/h5-10H,4,11-12H2,1-3H3;1H. The summed E-state index contributed by atoms with van der Waals surface area (Å²) in [6.07, 6.45) is 4.10. The van der Waals surface area contributed by atoms with Crippen LogP contribution in [0.15, 0.2) is 36.4 Å². The maximum atomic E-state index is 5.64. The summed E-state index contributed by atoms with van der Waals surface area (Å²) in [5.41, 5.74) is 0. The van der Waals surface area contributed by atoms with Gasteiger partial charge in [-0.15, -0.1) is 12.4 Å². The molecule has 0 aliphatic carbocycles. The van der Waals surface area contributed by atoms with Gasteiger partial charge in [-0.2, -0.15) is 0 Å². The Kier molecular flexibility index (Phi) is 9.15. The Morgan fingerprint density at radius 2 is 1.67 bits per heavy atom. The fourth-order valence-electron chi connectivity index (χ4n) is 1.34. The fraction of sp³-hybridized carbons (Fsp3) is 0.429. The third kappa shape index (κ3) is 6.52. The molecule has 0 atom stereocenters. The number of likely N-dealkylation sites (N-methyl/N-ethyl adjacent to an activating group) is 1. The highest BCUT2D eigenvalue weighted by atomic mass is 35.5. The summed E-state index contributed by atoms with van der Waals surface area (Å²) < 4.78 is 11.1. The molecule has 0 aliphatic heterocycles. The number of para-hydroxylation sites is 2. The average Bonchev–Trinajstić information content (AvgIpc) is 2.31. The van der Waals surface area contributed by atoms with Gasteiger partial charge in [0, 0.05) is 6.54 Å². The molecule has 0 saturated heterocycles. The summed E-state index contributed by atoms with van der Waals surface area (Å²) in [6.45, 7) is 4.11. The monoisotopic (exact) mass is 271 g/mol. The van der Waals surface area contributed by atoms with Crippen LogP contribution in [0.4, 0.5) is 0 Å². The van der Waals surface area contributed by atoms with Crippen molar-refractivity contribution < 1.29 is 9.47 Å². The van der Waals surface area contributed by atoms with Crippen LogP contribution in [-0.4, -0.2) is 38.8 Å². The van der Waals surface area contributed by atoms with Crippen LogP contribution >= 0.6 is 12.4 Å². The normalized spacial score (nSPS) is 10.4. The van der Waals surface area contributed by atoms with Crippen molar-refractivity contribution in [2.45, 2.75) is 6.92 Å². The van der Waals surface area contributed by atoms with E-state index in [0.29, 0.717) is 13.2 Å². The zero-order valence-electron chi connectivity index (χ0n) is 11.3. The van der Waals surface area contributed by atoms with Gasteiger partial charge >= 0.3 is 0 Å². The lowest BCUT2D eigenvalue weighted by atomic mass is 10.3. The molecule has 0 aromatic heterocycles. The summed E-state index contributed by atoms with van der Waals surface area (Å²) in [6, 6.07) is 7.73. The molecule has 3 nitrogen and oxygen atoms in total. The van der Waals surface area contributed by atoms with Crippen LogP contribution in [0.1, 0.15) is 6.92 Å². The van der Waals surface area contributed by atoms with E-state index in [4.69, 9.17) is 9.47 Å². The number of hydrogen-bond donors (Lipinski definition) is 0. The minimum Gasteiger partial charge on any atom is -0.490 e. The fourth-order valence-corrected chi connectivity index (χ4v) is 1.34. The number of benzene rings is 1. The first kappa shape index (κ1) is 16.8. The first-order valence-corrected chi connectivity index (χ1v) is 5.88. The van der Waals surface area contributed by atoms with E-state index in [0.717, 1.165) is 18.0 Å². The Morgan fingerprint density at radius 1 is 1.06 bits per heavy atom. The van der Waals surface area contributed by atoms with E-state index in [9.17, 15) is 0 Å². The topological polar surface area (TPSA) is 21.7 Å². The van der Waals surface area contributed by atoms with E-state index < -0.39 is 0 Å². The predicted molar refractivity (Wildman–Crippen MR) is 78.0 cm³/mol. The number of nitrogens with zero attached hydrogens (tertiary/aromatic N) is 1. The predicted octanol–water partition coefficient (Wildman–Crippen LogP) is 3.00. The molecule has 18 heavy (non-hydrogen) atoms. The summed E-state index contributed by atoms with van der Waals surface area (Å²) in [5, 5.41) is 0. The quantitative estimate of drug-likeness (QED) is 0.712. The molecule has 0 spiro atoms. The van der Waals surface area contributed by atoms with Crippen molar-refractivity contribution in [2.75, 3.05) is 33.9 Å². The second-order valence-corrected chi connectivity index (χ2v) is 3.92. The van der Waals surface area contributed by atoms with E-state index in [1.165, 1.54) is 0 Å². The minimum absolute atomic E-state index is 0. The molecule has 0 amide bonds. The molecule has 0 aliphatic rings. The largest absolute Gasteiger partial charge is 0.490 e. The minimum atomic E-state index is 0. The van der Waals surface area contributed by atoms with Gasteiger partial charge < -0.3 is 14.4 Å². The molecular weight excluding hydrogens is 250 g/mol. The second kappa shape index (κ2) is 9.80. The van der Waals surface area contributed by atoms with Crippen molar-refractivity contribution in [3.63, 3.8) is 0 Å². The highest BCUT2D eigenvalue weighted by Crippen LogP contribution is 2.26. The zero-order chi connectivity index (χ0) is 12.5. The third-order valence-corrected chi connectivity index (χ3v) is 2.12. The van der Waals surface area contributed by atoms with Crippen LogP contribution in [-0.2, 0) is 0 Å². The molecule has 1 aromatic rings. The van der Waals surface area contributed by atoms with E-state index in [-0.39, 0.29) is 12.4 Å². The van der Waals surface area contributed by atoms with E-state index >= 15 is 0 Å². The molecule has 0 saturated carbocycles. The summed E-state index contributed by atoms with van der Waals surface area (Å²) >= 11 is 0. The molecule has 0 fully saturated rings. The SMILES string of the molecule is CCOc1ccccc1OCC=CCN(C)C.Cl. The summed E-state index contributed by atoms with van der Waals surface area (Å²) in [4.78, 5) is 2.10. The summed E-state index contributed by atoms with van der Waals surface area (Å²) in [5.74, 6) is 1.60. The Morgan fingerprint density at radius 3 is 2.22 bits per heavy atom. The molecular formula is C14H22ClNO2. The van der Waals surface area contributed by atoms with Gasteiger partial charge in [0.05, 0.1) is 6.61 Å². The van der Waals surface area contributed by atoms with Gasteiger partial charge in [-0.05, 0) is 33.2 Å². The molecule has 0 unspecified atom stereocenters. The van der Waals surface area contributed by atoms with Crippen LogP contribution in [0.2, 0.25) is 0 Å². The van der Waals surface area contributed by atoms with Gasteiger partial charge in [-0.3, -0.25) is 0 Å². The van der Waals surface area contributed by atoms with Crippen molar-refractivity contribution in [3.8, 4) is 11.5 Å². The first-order valence-electron chi connectivity index (χ1n) is 5.88. The molecule has 4 heteroatoms. The van der Waals surface area contributed by atoms with Gasteiger partial charge in [0.2, 0.25) is 0 Å². The van der Waals surface area contributed by atoms with Crippen molar-refractivity contribution in [1.29, 1.82) is 0 Å². The highest BCUT2D eigenvalue weighted by Gasteiger charge is 2.01. The van der Waals surface area contributed by atoms with Gasteiger partial charge in [0.15, 0.2) is 11.5 Å². The lowest BCUT2D eigenvalue weighted by Gasteiger charge is -2.10. The Hall–Kier alpha value is -1.19. The van der Waals surface area contributed by atoms with Crippen molar-refractivity contribution in [2.24, 2.45) is 0 Å². The highest BCUT2D eigenvalue weighted by molar-refractivity contribution is 5.85. The molecule has 0 bridgehead atoms. The number of ether oxygens (including phenoxy) is 2. The maximum Gasteiger partial charge on any atom is 0.161 e. The van der Waals surface area contributed by atoms with Gasteiger partial charge in [-0.1, -0.05) is 24.3 Å². The molecule has 0 heterocycles. The van der Waals surface area contributed by atoms with Crippen LogP contribution in [0.25, 0.3) is 0 Å². The van der Waals surface area contributed by atoms with Crippen LogP contribution in [0.3, 0.4) is 0 Å². The molecule has 0 N–H and O–H groups in total. The zero-order valence-corrected chi connectivity index (χ0v) is 12.1. The van der Waals surface area contributed by atoms with Crippen molar-refractivity contribution in [3.05, 3.63) is 36.4 Å². The first-order chi connectivity index (χ1) is 8.24. The van der Waals surface area contributed by atoms with Crippen molar-refractivity contribution >= 4 is 12.4 Å². The average molecular weight is 272 g/mol. The smallest absolute Gasteiger partial charge is 0.161 e. The van der Waals surface area contributed by atoms with Crippen LogP contribution < -0.4 is 9.47 Å². The molecule has 0 radical (unpaired) electrons. The molecule has 1 rings (SSSR count). The van der Waals surface area contributed by atoms with E-state index in [2.05, 4.69) is 11.0 Å². The van der Waals surface area contributed by atoms with Crippen LogP contribution in [0.5, 0.6) is 11.5 Å². The van der Waals surface area contributed by atoms with E-state index in [1.54, 1.807) is 0 Å². The lowest BCUT2D eigenvalue weighted by molar-refractivity contribution is 0.296. The Labute approximate surface area is 116 Å². The van der Waals surface area contributed by atoms with Gasteiger partial charge in [-0.25, -0.2) is 0 Å². The summed E-state index contributed by atoms with van der Waals surface area (Å²) in [7, 11) is 4.07. The van der Waals surface area contributed by atoms with Gasteiger partial charge in [0.25, 0.3) is 0 Å². The third-order valence-electron chi connectivity index (χ3n) is 2.12.